The first-order valence-corrected chi connectivity index (χ1v) is 6.79. The second-order valence-electron chi connectivity index (χ2n) is 5.20. The maximum Gasteiger partial charge on any atom is 0.418 e. The van der Waals surface area contributed by atoms with Crippen LogP contribution in [0.3, 0.4) is 0 Å². The highest BCUT2D eigenvalue weighted by Gasteiger charge is 2.36. The van der Waals surface area contributed by atoms with E-state index < -0.39 is 11.7 Å². The minimum absolute atomic E-state index is 0.0127. The molecule has 0 aliphatic carbocycles. The SMILES string of the molecule is CC(C)(C)CC(N)c1scc(C(F)(F)F)c1Br. The molecule has 0 fully saturated rings. The molecule has 0 aliphatic heterocycles. The summed E-state index contributed by atoms with van der Waals surface area (Å²) in [5.41, 5.74) is 5.30. The molecule has 1 aromatic rings. The number of rotatable bonds is 2. The van der Waals surface area contributed by atoms with Crippen molar-refractivity contribution < 1.29 is 13.2 Å². The molecule has 1 unspecified atom stereocenters. The maximum absolute atomic E-state index is 12.6. The second-order valence-corrected chi connectivity index (χ2v) is 6.90. The van der Waals surface area contributed by atoms with Crippen LogP contribution in [0.15, 0.2) is 9.85 Å². The molecule has 17 heavy (non-hydrogen) atoms. The summed E-state index contributed by atoms with van der Waals surface area (Å²) >= 11 is 4.07. The molecule has 0 radical (unpaired) electrons. The van der Waals surface area contributed by atoms with Crippen molar-refractivity contribution in [3.63, 3.8) is 0 Å². The molecule has 1 rings (SSSR count). The van der Waals surface area contributed by atoms with Gasteiger partial charge in [0.05, 0.1) is 5.56 Å². The summed E-state index contributed by atoms with van der Waals surface area (Å²) in [6.07, 6.45) is -3.68. The molecule has 0 amide bonds. The van der Waals surface area contributed by atoms with Crippen LogP contribution in [-0.2, 0) is 6.18 Å². The molecular weight excluding hydrogens is 315 g/mol. The van der Waals surface area contributed by atoms with Gasteiger partial charge in [0.1, 0.15) is 0 Å². The molecular formula is C11H15BrF3NS. The van der Waals surface area contributed by atoms with E-state index in [1.807, 2.05) is 20.8 Å². The average Bonchev–Trinajstić information content (AvgIpc) is 2.42. The molecule has 1 nitrogen and oxygen atoms in total. The quantitative estimate of drug-likeness (QED) is 0.814. The Balaban J connectivity index is 2.98. The lowest BCUT2D eigenvalue weighted by molar-refractivity contribution is -0.137. The van der Waals surface area contributed by atoms with Crippen LogP contribution >= 0.6 is 27.3 Å². The highest BCUT2D eigenvalue weighted by atomic mass is 79.9. The zero-order chi connectivity index (χ0) is 13.4. The van der Waals surface area contributed by atoms with Gasteiger partial charge in [0.15, 0.2) is 0 Å². The topological polar surface area (TPSA) is 26.0 Å². The summed E-state index contributed by atoms with van der Waals surface area (Å²) < 4.78 is 37.9. The van der Waals surface area contributed by atoms with Gasteiger partial charge < -0.3 is 5.73 Å². The Kier molecular flexibility index (Phi) is 4.32. The lowest BCUT2D eigenvalue weighted by Gasteiger charge is -2.22. The summed E-state index contributed by atoms with van der Waals surface area (Å²) in [7, 11) is 0. The van der Waals surface area contributed by atoms with Crippen LogP contribution in [-0.4, -0.2) is 0 Å². The minimum atomic E-state index is -4.32. The van der Waals surface area contributed by atoms with E-state index in [1.54, 1.807) is 0 Å². The van der Waals surface area contributed by atoms with E-state index in [0.717, 1.165) is 16.7 Å². The molecule has 0 saturated heterocycles. The first-order chi connectivity index (χ1) is 7.52. The average molecular weight is 330 g/mol. The van der Waals surface area contributed by atoms with Crippen LogP contribution in [0.2, 0.25) is 0 Å². The third kappa shape index (κ3) is 3.96. The second kappa shape index (κ2) is 4.90. The number of alkyl halides is 3. The monoisotopic (exact) mass is 329 g/mol. The molecule has 0 aromatic carbocycles. The number of thiophene rings is 1. The first-order valence-electron chi connectivity index (χ1n) is 5.12. The fourth-order valence-corrected chi connectivity index (χ4v) is 3.59. The molecule has 0 spiro atoms. The van der Waals surface area contributed by atoms with Crippen molar-refractivity contribution in [1.29, 1.82) is 0 Å². The molecule has 2 N–H and O–H groups in total. The summed E-state index contributed by atoms with van der Waals surface area (Å²) in [6, 6.07) is -0.370. The van der Waals surface area contributed by atoms with Crippen LogP contribution in [0.4, 0.5) is 13.2 Å². The number of nitrogens with two attached hydrogens (primary N) is 1. The Bertz CT molecular complexity index is 392. The number of hydrogen-bond acceptors (Lipinski definition) is 2. The summed E-state index contributed by atoms with van der Waals surface area (Å²) in [5, 5.41) is 1.11. The van der Waals surface area contributed by atoms with E-state index in [4.69, 9.17) is 5.73 Å². The van der Waals surface area contributed by atoms with Crippen LogP contribution in [0.1, 0.15) is 43.7 Å². The fraction of sp³-hybridized carbons (Fsp3) is 0.636. The van der Waals surface area contributed by atoms with Crippen molar-refractivity contribution in [3.8, 4) is 0 Å². The normalized spacial score (nSPS) is 15.1. The van der Waals surface area contributed by atoms with Crippen LogP contribution in [0.5, 0.6) is 0 Å². The van der Waals surface area contributed by atoms with Gasteiger partial charge in [-0.25, -0.2) is 0 Å². The van der Waals surface area contributed by atoms with Crippen LogP contribution in [0.25, 0.3) is 0 Å². The maximum atomic E-state index is 12.6. The predicted molar refractivity (Wildman–Crippen MR) is 68.0 cm³/mol. The smallest absolute Gasteiger partial charge is 0.323 e. The Morgan fingerprint density at radius 2 is 1.88 bits per heavy atom. The Labute approximate surface area is 111 Å². The third-order valence-electron chi connectivity index (χ3n) is 2.23. The lowest BCUT2D eigenvalue weighted by atomic mass is 9.88. The highest BCUT2D eigenvalue weighted by Crippen LogP contribution is 2.43. The third-order valence-corrected chi connectivity index (χ3v) is 4.46. The van der Waals surface area contributed by atoms with Crippen molar-refractivity contribution in [3.05, 3.63) is 20.3 Å². The van der Waals surface area contributed by atoms with Crippen molar-refractivity contribution in [2.24, 2.45) is 11.1 Å². The molecule has 0 saturated carbocycles. The van der Waals surface area contributed by atoms with Gasteiger partial charge in [0, 0.05) is 20.8 Å². The largest absolute Gasteiger partial charge is 0.418 e. The van der Waals surface area contributed by atoms with Gasteiger partial charge in [-0.1, -0.05) is 20.8 Å². The van der Waals surface area contributed by atoms with E-state index in [0.29, 0.717) is 11.3 Å². The zero-order valence-electron chi connectivity index (χ0n) is 9.86. The van der Waals surface area contributed by atoms with Crippen LogP contribution < -0.4 is 5.73 Å². The summed E-state index contributed by atoms with van der Waals surface area (Å²) in [5.74, 6) is 0. The predicted octanol–water partition coefficient (Wildman–Crippen LogP) is 4.97. The number of hydrogen-bond donors (Lipinski definition) is 1. The number of halogens is 4. The van der Waals surface area contributed by atoms with E-state index in [9.17, 15) is 13.2 Å². The Morgan fingerprint density at radius 3 is 2.24 bits per heavy atom. The van der Waals surface area contributed by atoms with Gasteiger partial charge >= 0.3 is 6.18 Å². The standard InChI is InChI=1S/C11H15BrF3NS/c1-10(2,3)4-7(16)9-8(12)6(5-17-9)11(13,14)15/h5,7H,4,16H2,1-3H3. The summed E-state index contributed by atoms with van der Waals surface area (Å²) in [4.78, 5) is 0.562. The van der Waals surface area contributed by atoms with Gasteiger partial charge in [0.2, 0.25) is 0 Å². The van der Waals surface area contributed by atoms with Crippen molar-refractivity contribution in [2.75, 3.05) is 0 Å². The highest BCUT2D eigenvalue weighted by molar-refractivity contribution is 9.10. The molecule has 1 aromatic heterocycles. The van der Waals surface area contributed by atoms with Gasteiger partial charge in [-0.15, -0.1) is 11.3 Å². The molecule has 98 valence electrons. The molecule has 1 heterocycles. The molecule has 6 heteroatoms. The van der Waals surface area contributed by atoms with Gasteiger partial charge in [0.25, 0.3) is 0 Å². The fourth-order valence-electron chi connectivity index (χ4n) is 1.55. The van der Waals surface area contributed by atoms with Gasteiger partial charge in [-0.2, -0.15) is 13.2 Å². The Morgan fingerprint density at radius 1 is 1.35 bits per heavy atom. The van der Waals surface area contributed by atoms with Crippen molar-refractivity contribution in [2.45, 2.75) is 39.4 Å². The van der Waals surface area contributed by atoms with Gasteiger partial charge in [-0.3, -0.25) is 0 Å². The van der Waals surface area contributed by atoms with E-state index >= 15 is 0 Å². The molecule has 0 bridgehead atoms. The van der Waals surface area contributed by atoms with Gasteiger partial charge in [-0.05, 0) is 27.8 Å². The zero-order valence-corrected chi connectivity index (χ0v) is 12.3. The van der Waals surface area contributed by atoms with Crippen molar-refractivity contribution in [1.82, 2.24) is 0 Å². The van der Waals surface area contributed by atoms with Crippen LogP contribution in [0, 0.1) is 5.41 Å². The van der Waals surface area contributed by atoms with E-state index in [-0.39, 0.29) is 15.9 Å². The molecule has 1 atom stereocenters. The van der Waals surface area contributed by atoms with E-state index in [2.05, 4.69) is 15.9 Å². The lowest BCUT2D eigenvalue weighted by Crippen LogP contribution is -2.18. The Hall–Kier alpha value is -0.0700. The molecule has 0 aliphatic rings. The van der Waals surface area contributed by atoms with E-state index in [1.165, 1.54) is 0 Å². The van der Waals surface area contributed by atoms with Crippen molar-refractivity contribution >= 4 is 27.3 Å². The first kappa shape index (κ1) is 15.0. The summed E-state index contributed by atoms with van der Waals surface area (Å²) in [6.45, 7) is 6.04. The minimum Gasteiger partial charge on any atom is -0.323 e.